The van der Waals surface area contributed by atoms with Gasteiger partial charge in [0.25, 0.3) is 0 Å². The minimum absolute atomic E-state index is 0.362. The Kier molecular flexibility index (Phi) is 2.22. The monoisotopic (exact) mass is 189 g/mol. The number of hydrogen-bond acceptors (Lipinski definition) is 4. The number of aromatic nitrogens is 2. The molecule has 0 radical (unpaired) electrons. The summed E-state index contributed by atoms with van der Waals surface area (Å²) in [6.07, 6.45) is -1.51. The summed E-state index contributed by atoms with van der Waals surface area (Å²) in [5, 5.41) is 21.3. The number of rotatable bonds is 3. The molecule has 0 aliphatic rings. The lowest BCUT2D eigenvalue weighted by Crippen LogP contribution is -2.14. The van der Waals surface area contributed by atoms with Gasteiger partial charge in [-0.05, 0) is 4.92 Å². The van der Waals surface area contributed by atoms with Gasteiger partial charge < -0.3 is 15.2 Å². The summed E-state index contributed by atoms with van der Waals surface area (Å²) in [6.45, 7) is 0. The first-order valence-corrected chi connectivity index (χ1v) is 3.09. The highest BCUT2D eigenvalue weighted by atomic mass is 19.1. The number of carboxylic acid groups (broad SMARTS) is 1. The molecule has 1 aromatic rings. The van der Waals surface area contributed by atoms with Crippen molar-refractivity contribution in [2.45, 2.75) is 6.30 Å². The van der Waals surface area contributed by atoms with Crippen LogP contribution in [0.25, 0.3) is 0 Å². The van der Waals surface area contributed by atoms with Crippen LogP contribution in [-0.2, 0) is 4.79 Å². The second-order valence-electron chi connectivity index (χ2n) is 2.09. The van der Waals surface area contributed by atoms with E-state index in [1.165, 1.54) is 0 Å². The molecule has 0 aliphatic carbocycles. The number of carbonyl (C=O) groups is 1. The van der Waals surface area contributed by atoms with Gasteiger partial charge in [-0.3, -0.25) is 0 Å². The topological polar surface area (TPSA) is 98.3 Å². The molecule has 0 saturated carbocycles. The van der Waals surface area contributed by atoms with Crippen molar-refractivity contribution in [1.29, 1.82) is 0 Å². The minimum Gasteiger partial charge on any atom is -0.478 e. The van der Waals surface area contributed by atoms with Crippen LogP contribution in [-0.4, -0.2) is 25.8 Å². The maximum absolute atomic E-state index is 12.6. The van der Waals surface area contributed by atoms with Gasteiger partial charge in [0.1, 0.15) is 0 Å². The van der Waals surface area contributed by atoms with Crippen LogP contribution >= 0.6 is 0 Å². The highest BCUT2D eigenvalue weighted by Gasteiger charge is 2.23. The van der Waals surface area contributed by atoms with Crippen LogP contribution in [0.2, 0.25) is 0 Å². The van der Waals surface area contributed by atoms with Crippen LogP contribution in [0.15, 0.2) is 12.3 Å². The summed E-state index contributed by atoms with van der Waals surface area (Å²) in [7, 11) is 0. The normalized spacial score (nSPS) is 12.4. The fourth-order valence-electron chi connectivity index (χ4n) is 0.665. The summed E-state index contributed by atoms with van der Waals surface area (Å²) in [5.41, 5.74) is 0. The number of halogens is 1. The van der Waals surface area contributed by atoms with Crippen LogP contribution in [0.1, 0.15) is 6.30 Å². The average Bonchev–Trinajstić information content (AvgIpc) is 2.50. The molecule has 0 bridgehead atoms. The maximum atomic E-state index is 12.6. The summed E-state index contributed by atoms with van der Waals surface area (Å²) < 4.78 is 13.0. The molecule has 1 aromatic heterocycles. The van der Waals surface area contributed by atoms with Gasteiger partial charge >= 0.3 is 18.1 Å². The highest BCUT2D eigenvalue weighted by Crippen LogP contribution is 2.12. The molecular weight excluding hydrogens is 185 g/mol. The molecule has 1 heterocycles. The fourth-order valence-corrected chi connectivity index (χ4v) is 0.665. The molecule has 1 unspecified atom stereocenters. The predicted molar refractivity (Wildman–Crippen MR) is 36.7 cm³/mol. The van der Waals surface area contributed by atoms with E-state index in [1.54, 1.807) is 0 Å². The van der Waals surface area contributed by atoms with Crippen molar-refractivity contribution >= 4 is 11.8 Å². The van der Waals surface area contributed by atoms with Crippen LogP contribution < -0.4 is 0 Å². The number of nitrogens with zero attached hydrogens (tertiary/aromatic N) is 3. The van der Waals surface area contributed by atoms with Crippen molar-refractivity contribution in [3.63, 3.8) is 0 Å². The van der Waals surface area contributed by atoms with Crippen LogP contribution in [0.5, 0.6) is 0 Å². The molecule has 13 heavy (non-hydrogen) atoms. The van der Waals surface area contributed by atoms with Gasteiger partial charge in [0, 0.05) is 0 Å². The molecule has 0 spiro atoms. The molecule has 0 aromatic carbocycles. The summed E-state index contributed by atoms with van der Waals surface area (Å²) >= 11 is 0. The van der Waals surface area contributed by atoms with Crippen molar-refractivity contribution < 1.29 is 19.2 Å². The zero-order chi connectivity index (χ0) is 10.0. The molecule has 0 fully saturated rings. The lowest BCUT2D eigenvalue weighted by atomic mass is 10.6. The van der Waals surface area contributed by atoms with Gasteiger partial charge in [-0.15, -0.1) is 4.68 Å². The molecule has 0 aliphatic heterocycles. The SMILES string of the molecule is O=C(O)C(F)n1ccc([N+](=O)[O-])n1. The number of aliphatic carboxylic acids is 1. The molecule has 1 rings (SSSR count). The third-order valence-electron chi connectivity index (χ3n) is 1.22. The molecule has 7 nitrogen and oxygen atoms in total. The maximum Gasteiger partial charge on any atom is 0.390 e. The van der Waals surface area contributed by atoms with Gasteiger partial charge in [-0.25, -0.2) is 9.18 Å². The fraction of sp³-hybridized carbons (Fsp3) is 0.200. The zero-order valence-corrected chi connectivity index (χ0v) is 6.12. The molecule has 0 amide bonds. The third-order valence-corrected chi connectivity index (χ3v) is 1.22. The largest absolute Gasteiger partial charge is 0.478 e. The molecule has 70 valence electrons. The lowest BCUT2D eigenvalue weighted by Gasteiger charge is -1.96. The Bertz CT molecular complexity index is 349. The Balaban J connectivity index is 2.91. The predicted octanol–water partition coefficient (Wildman–Crippen LogP) is 0.344. The second-order valence-corrected chi connectivity index (χ2v) is 2.09. The van der Waals surface area contributed by atoms with Gasteiger partial charge in [0.05, 0.1) is 17.4 Å². The van der Waals surface area contributed by atoms with E-state index < -0.39 is 23.0 Å². The van der Waals surface area contributed by atoms with E-state index in [2.05, 4.69) is 5.10 Å². The van der Waals surface area contributed by atoms with Gasteiger partial charge in [0.2, 0.25) is 0 Å². The van der Waals surface area contributed by atoms with Crippen LogP contribution in [0.4, 0.5) is 10.2 Å². The number of hydrogen-bond donors (Lipinski definition) is 1. The van der Waals surface area contributed by atoms with Gasteiger partial charge in [0.15, 0.2) is 0 Å². The smallest absolute Gasteiger partial charge is 0.390 e. The number of carboxylic acids is 1. The summed E-state index contributed by atoms with van der Waals surface area (Å²) in [6, 6.07) is 0.912. The van der Waals surface area contributed by atoms with E-state index in [1.807, 2.05) is 0 Å². The molecular formula is C5H4FN3O4. The Morgan fingerprint density at radius 3 is 2.85 bits per heavy atom. The van der Waals surface area contributed by atoms with E-state index in [-0.39, 0.29) is 0 Å². The van der Waals surface area contributed by atoms with Gasteiger partial charge in [-0.2, -0.15) is 0 Å². The molecule has 1 atom stereocenters. The Morgan fingerprint density at radius 1 is 1.85 bits per heavy atom. The van der Waals surface area contributed by atoms with Crippen LogP contribution in [0, 0.1) is 10.1 Å². The quantitative estimate of drug-likeness (QED) is 0.546. The Hall–Kier alpha value is -1.99. The zero-order valence-electron chi connectivity index (χ0n) is 6.12. The Morgan fingerprint density at radius 2 is 2.46 bits per heavy atom. The minimum atomic E-state index is -2.39. The van der Waals surface area contributed by atoms with E-state index in [0.29, 0.717) is 4.68 Å². The van der Waals surface area contributed by atoms with E-state index in [0.717, 1.165) is 12.3 Å². The summed E-state index contributed by atoms with van der Waals surface area (Å²) in [4.78, 5) is 19.3. The molecule has 1 N–H and O–H groups in total. The van der Waals surface area contributed by atoms with Gasteiger partial charge in [-0.1, -0.05) is 0 Å². The van der Waals surface area contributed by atoms with E-state index >= 15 is 0 Å². The standard InChI is InChI=1S/C5H4FN3O4/c6-4(5(10)11)8-2-1-3(7-8)9(12)13/h1-2,4H,(H,10,11). The van der Waals surface area contributed by atoms with Crippen molar-refractivity contribution in [3.05, 3.63) is 22.4 Å². The highest BCUT2D eigenvalue weighted by molar-refractivity contribution is 5.69. The van der Waals surface area contributed by atoms with E-state index in [4.69, 9.17) is 5.11 Å². The van der Waals surface area contributed by atoms with Crippen molar-refractivity contribution in [1.82, 2.24) is 9.78 Å². The van der Waals surface area contributed by atoms with Crippen molar-refractivity contribution in [2.75, 3.05) is 0 Å². The number of alkyl halides is 1. The molecule has 8 heteroatoms. The first-order chi connectivity index (χ1) is 6.02. The number of nitro groups is 1. The lowest BCUT2D eigenvalue weighted by molar-refractivity contribution is -0.389. The summed E-state index contributed by atoms with van der Waals surface area (Å²) in [5.74, 6) is -2.35. The third kappa shape index (κ3) is 1.78. The first-order valence-electron chi connectivity index (χ1n) is 3.09. The first kappa shape index (κ1) is 9.10. The second kappa shape index (κ2) is 3.17. The Labute approximate surface area is 70.5 Å². The van der Waals surface area contributed by atoms with E-state index in [9.17, 15) is 19.3 Å². The average molecular weight is 189 g/mol. The van der Waals surface area contributed by atoms with Crippen molar-refractivity contribution in [3.8, 4) is 0 Å². The van der Waals surface area contributed by atoms with Crippen molar-refractivity contribution in [2.24, 2.45) is 0 Å². The molecule has 0 saturated heterocycles. The van der Waals surface area contributed by atoms with Crippen LogP contribution in [0.3, 0.4) is 0 Å².